The van der Waals surface area contributed by atoms with E-state index < -0.39 is 0 Å². The lowest BCUT2D eigenvalue weighted by Crippen LogP contribution is -2.46. The molecule has 0 spiro atoms. The average molecular weight is 363 g/mol. The molecule has 0 atom stereocenters. The second kappa shape index (κ2) is 8.38. The number of carbonyl (C=O) groups excluding carboxylic acids is 1. The molecule has 0 radical (unpaired) electrons. The van der Waals surface area contributed by atoms with Crippen LogP contribution in [0.5, 0.6) is 11.5 Å². The van der Waals surface area contributed by atoms with Crippen LogP contribution in [0.4, 0.5) is 5.69 Å². The highest BCUT2D eigenvalue weighted by molar-refractivity contribution is 7.80. The van der Waals surface area contributed by atoms with Gasteiger partial charge in [-0.2, -0.15) is 0 Å². The number of thiocarbonyl (C=S) groups is 1. The van der Waals surface area contributed by atoms with Crippen LogP contribution in [0.15, 0.2) is 18.2 Å². The number of nitrogens with zero attached hydrogens (tertiary/aromatic N) is 1. The molecule has 2 aliphatic heterocycles. The first kappa shape index (κ1) is 17.8. The van der Waals surface area contributed by atoms with Gasteiger partial charge in [0.2, 0.25) is 12.7 Å². The van der Waals surface area contributed by atoms with E-state index in [1.54, 1.807) is 0 Å². The molecule has 0 unspecified atom stereocenters. The number of benzene rings is 1. The summed E-state index contributed by atoms with van der Waals surface area (Å²) in [6.07, 6.45) is 3.89. The van der Waals surface area contributed by atoms with Gasteiger partial charge in [-0.15, -0.1) is 0 Å². The van der Waals surface area contributed by atoms with E-state index in [1.165, 1.54) is 0 Å². The highest BCUT2D eigenvalue weighted by Crippen LogP contribution is 2.34. The molecule has 1 amide bonds. The number of fused-ring (bicyclic) bond motifs is 1. The second-order valence-electron chi connectivity index (χ2n) is 6.40. The number of amides is 1. The van der Waals surface area contributed by atoms with Gasteiger partial charge in [-0.25, -0.2) is 0 Å². The highest BCUT2D eigenvalue weighted by Gasteiger charge is 2.26. The average Bonchev–Trinajstić information content (AvgIpc) is 3.09. The van der Waals surface area contributed by atoms with Crippen molar-refractivity contribution in [2.75, 3.05) is 31.7 Å². The van der Waals surface area contributed by atoms with Gasteiger partial charge in [0.25, 0.3) is 0 Å². The van der Waals surface area contributed by atoms with Crippen molar-refractivity contribution in [2.45, 2.75) is 32.6 Å². The van der Waals surface area contributed by atoms with E-state index in [0.717, 1.165) is 61.9 Å². The van der Waals surface area contributed by atoms with Gasteiger partial charge >= 0.3 is 0 Å². The first-order chi connectivity index (χ1) is 12.2. The van der Waals surface area contributed by atoms with Crippen LogP contribution in [0, 0.1) is 5.92 Å². The number of rotatable bonds is 5. The van der Waals surface area contributed by atoms with Gasteiger partial charge in [0.1, 0.15) is 0 Å². The zero-order valence-corrected chi connectivity index (χ0v) is 15.4. The molecule has 3 rings (SSSR count). The van der Waals surface area contributed by atoms with Gasteiger partial charge in [-0.1, -0.05) is 13.3 Å². The number of unbranched alkanes of at least 4 members (excludes halogenated alkanes) is 1. The Morgan fingerprint density at radius 1 is 1.28 bits per heavy atom. The van der Waals surface area contributed by atoms with Crippen LogP contribution in [0.1, 0.15) is 32.6 Å². The number of hydrogen-bond donors (Lipinski definition) is 2. The van der Waals surface area contributed by atoms with Gasteiger partial charge in [-0.3, -0.25) is 4.79 Å². The van der Waals surface area contributed by atoms with Crippen molar-refractivity contribution < 1.29 is 14.3 Å². The Labute approximate surface area is 153 Å². The quantitative estimate of drug-likeness (QED) is 0.620. The van der Waals surface area contributed by atoms with Gasteiger partial charge in [0, 0.05) is 37.3 Å². The van der Waals surface area contributed by atoms with Crippen LogP contribution >= 0.6 is 12.2 Å². The predicted octanol–water partition coefficient (Wildman–Crippen LogP) is 2.74. The van der Waals surface area contributed by atoms with Crippen molar-refractivity contribution in [3.05, 3.63) is 18.2 Å². The summed E-state index contributed by atoms with van der Waals surface area (Å²) >= 11 is 5.43. The summed E-state index contributed by atoms with van der Waals surface area (Å²) in [5.41, 5.74) is 0.744. The number of nitrogens with one attached hydrogen (secondary N) is 2. The predicted molar refractivity (Wildman–Crippen MR) is 101 cm³/mol. The molecule has 1 aromatic carbocycles. The van der Waals surface area contributed by atoms with Crippen molar-refractivity contribution >= 4 is 28.9 Å². The Hall–Kier alpha value is -2.02. The van der Waals surface area contributed by atoms with E-state index >= 15 is 0 Å². The third kappa shape index (κ3) is 4.54. The zero-order valence-electron chi connectivity index (χ0n) is 14.5. The van der Waals surface area contributed by atoms with Gasteiger partial charge < -0.3 is 25.0 Å². The van der Waals surface area contributed by atoms with Crippen molar-refractivity contribution in [3.63, 3.8) is 0 Å². The fourth-order valence-corrected chi connectivity index (χ4v) is 3.33. The maximum Gasteiger partial charge on any atom is 0.231 e. The third-order valence-electron chi connectivity index (χ3n) is 4.60. The molecule has 136 valence electrons. The number of carbonyl (C=O) groups is 1. The molecule has 0 saturated carbocycles. The van der Waals surface area contributed by atoms with Crippen molar-refractivity contribution in [1.82, 2.24) is 10.2 Å². The lowest BCUT2D eigenvalue weighted by molar-refractivity contribution is -0.120. The SMILES string of the molecule is CCCCNC(=S)N1CCC(C(=O)Nc2ccc3c(c2)OCO3)CC1. The van der Waals surface area contributed by atoms with Crippen LogP contribution < -0.4 is 20.1 Å². The zero-order chi connectivity index (χ0) is 17.6. The summed E-state index contributed by atoms with van der Waals surface area (Å²) < 4.78 is 10.6. The normalized spacial score (nSPS) is 16.6. The molecule has 6 nitrogen and oxygen atoms in total. The van der Waals surface area contributed by atoms with Gasteiger partial charge in [0.15, 0.2) is 16.6 Å². The molecule has 0 aromatic heterocycles. The van der Waals surface area contributed by atoms with E-state index in [-0.39, 0.29) is 18.6 Å². The molecule has 25 heavy (non-hydrogen) atoms. The lowest BCUT2D eigenvalue weighted by Gasteiger charge is -2.33. The Morgan fingerprint density at radius 3 is 2.80 bits per heavy atom. The number of piperidine rings is 1. The number of ether oxygens (including phenoxy) is 2. The number of likely N-dealkylation sites (tertiary alicyclic amines) is 1. The first-order valence-corrected chi connectivity index (χ1v) is 9.31. The van der Waals surface area contributed by atoms with E-state index in [4.69, 9.17) is 21.7 Å². The summed E-state index contributed by atoms with van der Waals surface area (Å²) in [5, 5.41) is 7.09. The van der Waals surface area contributed by atoms with Crippen molar-refractivity contribution in [3.8, 4) is 11.5 Å². The monoisotopic (exact) mass is 363 g/mol. The van der Waals surface area contributed by atoms with Gasteiger partial charge in [-0.05, 0) is 43.6 Å². The third-order valence-corrected chi connectivity index (χ3v) is 5.00. The molecule has 0 bridgehead atoms. The van der Waals surface area contributed by atoms with E-state index in [9.17, 15) is 4.79 Å². The Morgan fingerprint density at radius 2 is 2.04 bits per heavy atom. The summed E-state index contributed by atoms with van der Waals surface area (Å²) in [5.74, 6) is 1.47. The molecule has 7 heteroatoms. The largest absolute Gasteiger partial charge is 0.454 e. The van der Waals surface area contributed by atoms with E-state index in [0.29, 0.717) is 5.75 Å². The van der Waals surface area contributed by atoms with Gasteiger partial charge in [0.05, 0.1) is 0 Å². The minimum atomic E-state index is 0.0140. The van der Waals surface area contributed by atoms with Crippen LogP contribution in [0.3, 0.4) is 0 Å². The smallest absolute Gasteiger partial charge is 0.231 e. The summed E-state index contributed by atoms with van der Waals surface area (Å²) in [4.78, 5) is 14.7. The maximum atomic E-state index is 12.5. The first-order valence-electron chi connectivity index (χ1n) is 8.90. The molecule has 0 aliphatic carbocycles. The minimum Gasteiger partial charge on any atom is -0.454 e. The Kier molecular flexibility index (Phi) is 5.96. The second-order valence-corrected chi connectivity index (χ2v) is 6.79. The molecule has 1 aromatic rings. The molecule has 2 N–H and O–H groups in total. The highest BCUT2D eigenvalue weighted by atomic mass is 32.1. The Bertz CT molecular complexity index is 630. The number of anilines is 1. The van der Waals surface area contributed by atoms with Crippen LogP contribution in [-0.2, 0) is 4.79 Å². The van der Waals surface area contributed by atoms with Crippen molar-refractivity contribution in [2.24, 2.45) is 5.92 Å². The molecule has 1 fully saturated rings. The maximum absolute atomic E-state index is 12.5. The topological polar surface area (TPSA) is 62.8 Å². The summed E-state index contributed by atoms with van der Waals surface area (Å²) in [6, 6.07) is 5.47. The van der Waals surface area contributed by atoms with E-state index in [2.05, 4.69) is 22.5 Å². The van der Waals surface area contributed by atoms with E-state index in [1.807, 2.05) is 18.2 Å². The van der Waals surface area contributed by atoms with Crippen LogP contribution in [-0.4, -0.2) is 42.3 Å². The van der Waals surface area contributed by atoms with Crippen LogP contribution in [0.25, 0.3) is 0 Å². The fraction of sp³-hybridized carbons (Fsp3) is 0.556. The summed E-state index contributed by atoms with van der Waals surface area (Å²) in [7, 11) is 0. The lowest BCUT2D eigenvalue weighted by atomic mass is 9.96. The summed E-state index contributed by atoms with van der Waals surface area (Å²) in [6.45, 7) is 4.95. The molecule has 2 heterocycles. The fourth-order valence-electron chi connectivity index (χ4n) is 3.05. The Balaban J connectivity index is 1.46. The molecular weight excluding hydrogens is 338 g/mol. The van der Waals surface area contributed by atoms with Crippen LogP contribution in [0.2, 0.25) is 0 Å². The molecule has 1 saturated heterocycles. The minimum absolute atomic E-state index is 0.0140. The molecule has 2 aliphatic rings. The number of hydrogen-bond acceptors (Lipinski definition) is 4. The van der Waals surface area contributed by atoms with Crippen molar-refractivity contribution in [1.29, 1.82) is 0 Å². The standard InChI is InChI=1S/C18H25N3O3S/c1-2-3-8-19-18(25)21-9-6-13(7-10-21)17(22)20-14-4-5-15-16(11-14)24-12-23-15/h4-5,11,13H,2-3,6-10,12H2,1H3,(H,19,25)(H,20,22). The molecular formula is C18H25N3O3S.